The summed E-state index contributed by atoms with van der Waals surface area (Å²) in [6, 6.07) is 19.2. The molecule has 174 valence electrons. The number of benzene rings is 2. The Kier molecular flexibility index (Phi) is 6.60. The van der Waals surface area contributed by atoms with E-state index in [9.17, 15) is 10.1 Å². The number of nitriles is 1. The normalized spacial score (nSPS) is 14.7. The molecular weight excluding hydrogens is 430 g/mol. The third-order valence-electron chi connectivity index (χ3n) is 5.78. The lowest BCUT2D eigenvalue weighted by atomic mass is 9.83. The highest BCUT2D eigenvalue weighted by molar-refractivity contribution is 5.61. The van der Waals surface area contributed by atoms with Crippen LogP contribution in [0.3, 0.4) is 0 Å². The number of ether oxygens (including phenoxy) is 3. The van der Waals surface area contributed by atoms with Crippen molar-refractivity contribution in [2.45, 2.75) is 33.2 Å². The molecule has 0 saturated carbocycles. The number of rotatable bonds is 7. The molecule has 1 aliphatic heterocycles. The van der Waals surface area contributed by atoms with Crippen molar-refractivity contribution in [3.63, 3.8) is 0 Å². The molecule has 0 spiro atoms. The molecule has 0 fully saturated rings. The van der Waals surface area contributed by atoms with Gasteiger partial charge in [0.25, 0.3) is 5.56 Å². The van der Waals surface area contributed by atoms with Crippen LogP contribution in [-0.2, 0) is 6.54 Å². The minimum Gasteiger partial charge on any atom is -0.490 e. The second kappa shape index (κ2) is 9.75. The Balaban J connectivity index is 1.97. The average molecular weight is 458 g/mol. The number of pyridine rings is 1. The van der Waals surface area contributed by atoms with Crippen molar-refractivity contribution in [3.8, 4) is 23.3 Å². The Labute approximate surface area is 198 Å². The first kappa shape index (κ1) is 23.0. The van der Waals surface area contributed by atoms with Crippen LogP contribution >= 0.6 is 0 Å². The van der Waals surface area contributed by atoms with Gasteiger partial charge < -0.3 is 24.5 Å². The first-order valence-electron chi connectivity index (χ1n) is 11.2. The summed E-state index contributed by atoms with van der Waals surface area (Å²) in [6.45, 7) is 6.83. The number of fused-ring (bicyclic) bond motifs is 1. The molecule has 7 heteroatoms. The van der Waals surface area contributed by atoms with Crippen LogP contribution in [0.1, 0.15) is 42.1 Å². The van der Waals surface area contributed by atoms with Crippen LogP contribution in [0, 0.1) is 18.3 Å². The van der Waals surface area contributed by atoms with Gasteiger partial charge in [-0.25, -0.2) is 0 Å². The summed E-state index contributed by atoms with van der Waals surface area (Å²) >= 11 is 0. The predicted molar refractivity (Wildman–Crippen MR) is 129 cm³/mol. The quantitative estimate of drug-likeness (QED) is 0.570. The van der Waals surface area contributed by atoms with Crippen molar-refractivity contribution in [1.29, 1.82) is 5.26 Å². The molecule has 0 aliphatic carbocycles. The molecule has 0 saturated heterocycles. The lowest BCUT2D eigenvalue weighted by molar-refractivity contribution is 0.284. The molecule has 0 amide bonds. The van der Waals surface area contributed by atoms with Gasteiger partial charge in [0.1, 0.15) is 17.4 Å². The largest absolute Gasteiger partial charge is 0.490 e. The summed E-state index contributed by atoms with van der Waals surface area (Å²) in [7, 11) is 0. The number of nitrogens with zero attached hydrogens (tertiary/aromatic N) is 2. The Morgan fingerprint density at radius 2 is 1.82 bits per heavy atom. The topological polar surface area (TPSA) is 99.5 Å². The van der Waals surface area contributed by atoms with E-state index in [1.807, 2.05) is 63.2 Å². The van der Waals surface area contributed by atoms with E-state index in [1.165, 1.54) is 0 Å². The van der Waals surface area contributed by atoms with E-state index in [-0.39, 0.29) is 17.0 Å². The molecule has 2 aromatic carbocycles. The van der Waals surface area contributed by atoms with Gasteiger partial charge in [0.2, 0.25) is 5.88 Å². The van der Waals surface area contributed by atoms with Crippen LogP contribution in [0.2, 0.25) is 0 Å². The highest BCUT2D eigenvalue weighted by Gasteiger charge is 2.36. The lowest BCUT2D eigenvalue weighted by Crippen LogP contribution is -2.33. The maximum absolute atomic E-state index is 13.9. The summed E-state index contributed by atoms with van der Waals surface area (Å²) in [5.41, 5.74) is 8.79. The number of aromatic nitrogens is 1. The number of aryl methyl sites for hydroxylation is 1. The number of nitrogens with two attached hydrogens (primary N) is 1. The van der Waals surface area contributed by atoms with Crippen molar-refractivity contribution >= 4 is 0 Å². The minimum absolute atomic E-state index is 0.0242. The number of para-hydroxylation sites is 1. The average Bonchev–Trinajstić information content (AvgIpc) is 2.83. The first-order valence-corrected chi connectivity index (χ1v) is 11.2. The molecule has 34 heavy (non-hydrogen) atoms. The Bertz CT molecular complexity index is 1340. The molecule has 1 aromatic heterocycles. The zero-order valence-corrected chi connectivity index (χ0v) is 19.5. The summed E-state index contributed by atoms with van der Waals surface area (Å²) in [5, 5.41) is 10.0. The van der Waals surface area contributed by atoms with Crippen LogP contribution in [0.4, 0.5) is 0 Å². The zero-order valence-electron chi connectivity index (χ0n) is 19.5. The third kappa shape index (κ3) is 4.11. The van der Waals surface area contributed by atoms with Crippen LogP contribution in [0.25, 0.3) is 0 Å². The van der Waals surface area contributed by atoms with Crippen LogP contribution < -0.4 is 25.5 Å². The second-order valence-electron chi connectivity index (χ2n) is 7.91. The number of hydrogen-bond acceptors (Lipinski definition) is 6. The van der Waals surface area contributed by atoms with Crippen LogP contribution in [0.5, 0.6) is 17.2 Å². The molecule has 7 nitrogen and oxygen atoms in total. The molecule has 0 radical (unpaired) electrons. The Morgan fingerprint density at radius 3 is 2.50 bits per heavy atom. The van der Waals surface area contributed by atoms with E-state index in [0.717, 1.165) is 11.3 Å². The SMILES string of the molecule is CCOc1cccc([C@H]2C(C#N)=C(N)Oc3cc(C)n(Cc4ccccc4)c(=O)c32)c1OCC. The molecule has 3 aromatic rings. The van der Waals surface area contributed by atoms with Crippen LogP contribution in [-0.4, -0.2) is 17.8 Å². The van der Waals surface area contributed by atoms with Crippen molar-refractivity contribution in [3.05, 3.63) is 98.8 Å². The minimum atomic E-state index is -0.758. The van der Waals surface area contributed by atoms with Gasteiger partial charge in [0, 0.05) is 17.3 Å². The van der Waals surface area contributed by atoms with Crippen LogP contribution in [0.15, 0.2) is 70.8 Å². The van der Waals surface area contributed by atoms with Gasteiger partial charge >= 0.3 is 0 Å². The molecule has 2 N–H and O–H groups in total. The van der Waals surface area contributed by atoms with E-state index < -0.39 is 5.92 Å². The fourth-order valence-corrected chi connectivity index (χ4v) is 4.29. The molecule has 0 unspecified atom stereocenters. The third-order valence-corrected chi connectivity index (χ3v) is 5.78. The summed E-state index contributed by atoms with van der Waals surface area (Å²) in [6.07, 6.45) is 0. The summed E-state index contributed by atoms with van der Waals surface area (Å²) in [5.74, 6) is 0.592. The smallest absolute Gasteiger partial charge is 0.259 e. The van der Waals surface area contributed by atoms with Gasteiger partial charge in [-0.3, -0.25) is 4.79 Å². The molecule has 4 rings (SSSR count). The van der Waals surface area contributed by atoms with Gasteiger partial charge in [0.15, 0.2) is 11.5 Å². The van der Waals surface area contributed by atoms with Gasteiger partial charge in [-0.05, 0) is 32.4 Å². The Morgan fingerprint density at radius 1 is 1.09 bits per heavy atom. The first-order chi connectivity index (χ1) is 16.5. The van der Waals surface area contributed by atoms with Crippen molar-refractivity contribution in [1.82, 2.24) is 4.57 Å². The van der Waals surface area contributed by atoms with E-state index in [2.05, 4.69) is 6.07 Å². The van der Waals surface area contributed by atoms with E-state index in [1.54, 1.807) is 16.7 Å². The van der Waals surface area contributed by atoms with Gasteiger partial charge in [-0.15, -0.1) is 0 Å². The highest BCUT2D eigenvalue weighted by Crippen LogP contribution is 2.46. The summed E-state index contributed by atoms with van der Waals surface area (Å²) in [4.78, 5) is 13.9. The van der Waals surface area contributed by atoms with E-state index >= 15 is 0 Å². The monoisotopic (exact) mass is 457 g/mol. The van der Waals surface area contributed by atoms with Crippen molar-refractivity contribution in [2.75, 3.05) is 13.2 Å². The van der Waals surface area contributed by atoms with Crippen molar-refractivity contribution < 1.29 is 14.2 Å². The van der Waals surface area contributed by atoms with Gasteiger partial charge in [-0.2, -0.15) is 5.26 Å². The second-order valence-corrected chi connectivity index (χ2v) is 7.91. The Hall–Kier alpha value is -4.18. The number of allylic oxidation sites excluding steroid dienone is 1. The predicted octanol–water partition coefficient (Wildman–Crippen LogP) is 4.22. The fraction of sp³-hybridized carbons (Fsp3) is 0.259. The van der Waals surface area contributed by atoms with E-state index in [0.29, 0.717) is 48.1 Å². The summed E-state index contributed by atoms with van der Waals surface area (Å²) < 4.78 is 19.2. The molecule has 1 atom stereocenters. The molecule has 0 bridgehead atoms. The standard InChI is InChI=1S/C27H27N3O4/c1-4-32-21-13-9-12-19(25(21)33-5-2)23-20(15-28)26(29)34-22-14-17(3)30(27(31)24(22)23)16-18-10-7-6-8-11-18/h6-14,23H,4-5,16,29H2,1-3H3/t23-/m0/s1. The molecule has 2 heterocycles. The maximum Gasteiger partial charge on any atom is 0.259 e. The number of hydrogen-bond donors (Lipinski definition) is 1. The van der Waals surface area contributed by atoms with Crippen molar-refractivity contribution in [2.24, 2.45) is 5.73 Å². The fourth-order valence-electron chi connectivity index (χ4n) is 4.29. The van der Waals surface area contributed by atoms with E-state index in [4.69, 9.17) is 19.9 Å². The molecule has 1 aliphatic rings. The van der Waals surface area contributed by atoms with Gasteiger partial charge in [-0.1, -0.05) is 42.5 Å². The maximum atomic E-state index is 13.9. The molecular formula is C27H27N3O4. The zero-order chi connectivity index (χ0) is 24.2. The lowest BCUT2D eigenvalue weighted by Gasteiger charge is -2.29. The van der Waals surface area contributed by atoms with Gasteiger partial charge in [0.05, 0.1) is 31.2 Å². The highest BCUT2D eigenvalue weighted by atomic mass is 16.5.